The molecule has 1 spiro atoms. The fourth-order valence-corrected chi connectivity index (χ4v) is 4.71. The van der Waals surface area contributed by atoms with Gasteiger partial charge in [0.05, 0.1) is 6.10 Å². The molecule has 0 bridgehead atoms. The third kappa shape index (κ3) is 2.35. The molecule has 1 saturated carbocycles. The van der Waals surface area contributed by atoms with Gasteiger partial charge in [-0.25, -0.2) is 0 Å². The first-order chi connectivity index (χ1) is 11.5. The third-order valence-corrected chi connectivity index (χ3v) is 6.31. The number of rotatable bonds is 1. The number of aromatic nitrogens is 1. The summed E-state index contributed by atoms with van der Waals surface area (Å²) < 4.78 is 0. The van der Waals surface area contributed by atoms with Gasteiger partial charge in [-0.15, -0.1) is 0 Å². The molecular formula is C20H26N2O2. The Morgan fingerprint density at radius 1 is 1.29 bits per heavy atom. The van der Waals surface area contributed by atoms with Gasteiger partial charge in [0.15, 0.2) is 0 Å². The number of hydrogen-bond donors (Lipinski definition) is 2. The fourth-order valence-electron chi connectivity index (χ4n) is 4.71. The maximum Gasteiger partial charge on any atom is 0.253 e. The van der Waals surface area contributed by atoms with Crippen LogP contribution in [0.5, 0.6) is 0 Å². The second-order valence-electron chi connectivity index (χ2n) is 7.74. The van der Waals surface area contributed by atoms with E-state index in [2.05, 4.69) is 18.8 Å². The summed E-state index contributed by atoms with van der Waals surface area (Å²) in [4.78, 5) is 18.4. The topological polar surface area (TPSA) is 56.3 Å². The highest BCUT2D eigenvalue weighted by Gasteiger charge is 2.45. The second kappa shape index (κ2) is 5.62. The van der Waals surface area contributed by atoms with Gasteiger partial charge in [0.1, 0.15) is 0 Å². The number of aryl methyl sites for hydroxylation is 2. The minimum atomic E-state index is -0.245. The Morgan fingerprint density at radius 3 is 2.83 bits per heavy atom. The van der Waals surface area contributed by atoms with E-state index in [0.717, 1.165) is 60.8 Å². The number of aliphatic hydroxyl groups excluding tert-OH is 1. The SMILES string of the molecule is Cc1[nH]c2ccc(C(=O)N3CCC[C@@]4(CCC[C@H]4O)C3)cc2c1C. The maximum absolute atomic E-state index is 13.0. The van der Waals surface area contributed by atoms with E-state index in [0.29, 0.717) is 6.54 Å². The minimum Gasteiger partial charge on any atom is -0.392 e. The van der Waals surface area contributed by atoms with Crippen molar-refractivity contribution in [2.45, 2.75) is 52.1 Å². The number of carbonyl (C=O) groups excluding carboxylic acids is 1. The highest BCUT2D eigenvalue weighted by Crippen LogP contribution is 2.45. The summed E-state index contributed by atoms with van der Waals surface area (Å²) in [6, 6.07) is 5.95. The fraction of sp³-hybridized carbons (Fsp3) is 0.550. The predicted octanol–water partition coefficient (Wildman–Crippen LogP) is 3.55. The van der Waals surface area contributed by atoms with Gasteiger partial charge in [0.25, 0.3) is 5.91 Å². The molecule has 2 aromatic rings. The van der Waals surface area contributed by atoms with Crippen molar-refractivity contribution in [2.24, 2.45) is 5.41 Å². The highest BCUT2D eigenvalue weighted by molar-refractivity contribution is 5.99. The van der Waals surface area contributed by atoms with Crippen molar-refractivity contribution < 1.29 is 9.90 Å². The van der Waals surface area contributed by atoms with Gasteiger partial charge in [0, 0.05) is 40.7 Å². The van der Waals surface area contributed by atoms with Gasteiger partial charge >= 0.3 is 0 Å². The molecule has 1 aromatic carbocycles. The van der Waals surface area contributed by atoms with E-state index in [-0.39, 0.29) is 17.4 Å². The molecule has 2 fully saturated rings. The number of nitrogens with zero attached hydrogens (tertiary/aromatic N) is 1. The normalized spacial score (nSPS) is 27.3. The van der Waals surface area contributed by atoms with Crippen LogP contribution in [0.3, 0.4) is 0 Å². The summed E-state index contributed by atoms with van der Waals surface area (Å²) >= 11 is 0. The van der Waals surface area contributed by atoms with E-state index in [1.165, 1.54) is 5.56 Å². The standard InChI is InChI=1S/C20H26N2O2/c1-13-14(2)21-17-7-6-15(11-16(13)17)19(24)22-10-4-9-20(12-22)8-3-5-18(20)23/h6-7,11,18,21,23H,3-5,8-10,12H2,1-2H3/t18-,20+/m1/s1. The van der Waals surface area contributed by atoms with E-state index >= 15 is 0 Å². The molecule has 128 valence electrons. The summed E-state index contributed by atoms with van der Waals surface area (Å²) in [5.41, 5.74) is 4.15. The third-order valence-electron chi connectivity index (χ3n) is 6.31. The Hall–Kier alpha value is -1.81. The second-order valence-corrected chi connectivity index (χ2v) is 7.74. The van der Waals surface area contributed by atoms with Crippen LogP contribution in [0.4, 0.5) is 0 Å². The smallest absolute Gasteiger partial charge is 0.253 e. The highest BCUT2D eigenvalue weighted by atomic mass is 16.3. The molecule has 1 amide bonds. The molecule has 0 radical (unpaired) electrons. The minimum absolute atomic E-state index is 0.0569. The molecular weight excluding hydrogens is 300 g/mol. The number of H-pyrrole nitrogens is 1. The van der Waals surface area contributed by atoms with Crippen molar-refractivity contribution in [1.82, 2.24) is 9.88 Å². The van der Waals surface area contributed by atoms with Gasteiger partial charge < -0.3 is 15.0 Å². The van der Waals surface area contributed by atoms with Crippen molar-refractivity contribution >= 4 is 16.8 Å². The Bertz CT molecular complexity index is 794. The number of piperidine rings is 1. The molecule has 1 aliphatic heterocycles. The number of likely N-dealkylation sites (tertiary alicyclic amines) is 1. The van der Waals surface area contributed by atoms with Gasteiger partial charge in [-0.05, 0) is 63.3 Å². The van der Waals surface area contributed by atoms with Crippen LogP contribution in [0.2, 0.25) is 0 Å². The van der Waals surface area contributed by atoms with Crippen LogP contribution in [0, 0.1) is 19.3 Å². The first kappa shape index (κ1) is 15.7. The lowest BCUT2D eigenvalue weighted by Crippen LogP contribution is -2.49. The van der Waals surface area contributed by atoms with Crippen molar-refractivity contribution in [2.75, 3.05) is 13.1 Å². The van der Waals surface area contributed by atoms with E-state index in [9.17, 15) is 9.90 Å². The van der Waals surface area contributed by atoms with Gasteiger partial charge in [-0.1, -0.05) is 6.42 Å². The van der Waals surface area contributed by atoms with E-state index < -0.39 is 0 Å². The predicted molar refractivity (Wildman–Crippen MR) is 95.2 cm³/mol. The van der Waals surface area contributed by atoms with Crippen molar-refractivity contribution in [3.63, 3.8) is 0 Å². The zero-order valence-corrected chi connectivity index (χ0v) is 14.6. The van der Waals surface area contributed by atoms with E-state index in [1.54, 1.807) is 0 Å². The number of hydrogen-bond acceptors (Lipinski definition) is 2. The van der Waals surface area contributed by atoms with Crippen LogP contribution in [0.15, 0.2) is 18.2 Å². The van der Waals surface area contributed by atoms with Crippen molar-refractivity contribution in [3.8, 4) is 0 Å². The summed E-state index contributed by atoms with van der Waals surface area (Å²) in [7, 11) is 0. The molecule has 2 N–H and O–H groups in total. The molecule has 2 aliphatic rings. The lowest BCUT2D eigenvalue weighted by Gasteiger charge is -2.42. The largest absolute Gasteiger partial charge is 0.392 e. The van der Waals surface area contributed by atoms with E-state index in [1.807, 2.05) is 23.1 Å². The Kier molecular flexibility index (Phi) is 3.68. The molecule has 1 saturated heterocycles. The zero-order valence-electron chi connectivity index (χ0n) is 14.6. The molecule has 24 heavy (non-hydrogen) atoms. The lowest BCUT2D eigenvalue weighted by atomic mass is 9.76. The van der Waals surface area contributed by atoms with Crippen LogP contribution in [0.25, 0.3) is 10.9 Å². The zero-order chi connectivity index (χ0) is 16.9. The summed E-state index contributed by atoms with van der Waals surface area (Å²) in [5, 5.41) is 11.5. The quantitative estimate of drug-likeness (QED) is 0.842. The van der Waals surface area contributed by atoms with Crippen LogP contribution < -0.4 is 0 Å². The number of fused-ring (bicyclic) bond motifs is 1. The molecule has 0 unspecified atom stereocenters. The average Bonchev–Trinajstić information content (AvgIpc) is 3.07. The Labute approximate surface area is 142 Å². The van der Waals surface area contributed by atoms with E-state index in [4.69, 9.17) is 0 Å². The van der Waals surface area contributed by atoms with Crippen LogP contribution >= 0.6 is 0 Å². The molecule has 1 aliphatic carbocycles. The van der Waals surface area contributed by atoms with Gasteiger partial charge in [-0.3, -0.25) is 4.79 Å². The average molecular weight is 326 g/mol. The van der Waals surface area contributed by atoms with Crippen molar-refractivity contribution in [1.29, 1.82) is 0 Å². The number of nitrogens with one attached hydrogen (secondary N) is 1. The number of amides is 1. The van der Waals surface area contributed by atoms with Crippen LogP contribution in [-0.4, -0.2) is 40.1 Å². The number of aliphatic hydroxyl groups is 1. The van der Waals surface area contributed by atoms with Crippen LogP contribution in [0.1, 0.15) is 53.7 Å². The molecule has 4 nitrogen and oxygen atoms in total. The van der Waals surface area contributed by atoms with Gasteiger partial charge in [0.2, 0.25) is 0 Å². The number of benzene rings is 1. The molecule has 4 rings (SSSR count). The number of carbonyl (C=O) groups is 1. The summed E-state index contributed by atoms with van der Waals surface area (Å²) in [6.07, 6.45) is 4.81. The summed E-state index contributed by atoms with van der Waals surface area (Å²) in [6.45, 7) is 5.66. The summed E-state index contributed by atoms with van der Waals surface area (Å²) in [5.74, 6) is 0.105. The molecule has 2 atom stereocenters. The molecule has 4 heteroatoms. The monoisotopic (exact) mass is 326 g/mol. The first-order valence-electron chi connectivity index (χ1n) is 9.06. The van der Waals surface area contributed by atoms with Crippen LogP contribution in [-0.2, 0) is 0 Å². The maximum atomic E-state index is 13.0. The first-order valence-corrected chi connectivity index (χ1v) is 9.06. The Morgan fingerprint density at radius 2 is 2.08 bits per heavy atom. The molecule has 2 heterocycles. The molecule has 1 aromatic heterocycles. The van der Waals surface area contributed by atoms with Gasteiger partial charge in [-0.2, -0.15) is 0 Å². The Balaban J connectivity index is 1.62. The lowest BCUT2D eigenvalue weighted by molar-refractivity contribution is -0.00535. The van der Waals surface area contributed by atoms with Crippen molar-refractivity contribution in [3.05, 3.63) is 35.0 Å². The number of aromatic amines is 1.